The van der Waals surface area contributed by atoms with Crippen molar-refractivity contribution < 1.29 is 8.78 Å². The smallest absolute Gasteiger partial charge is 0.248 e. The van der Waals surface area contributed by atoms with E-state index in [1.165, 1.54) is 12.4 Å². The highest BCUT2D eigenvalue weighted by molar-refractivity contribution is 5.37. The Kier molecular flexibility index (Phi) is 3.41. The van der Waals surface area contributed by atoms with Crippen LogP contribution in [0.4, 0.5) is 14.6 Å². The monoisotopic (exact) mass is 252 g/mol. The van der Waals surface area contributed by atoms with E-state index in [9.17, 15) is 8.78 Å². The fourth-order valence-electron chi connectivity index (χ4n) is 2.16. The molecule has 4 nitrogen and oxygen atoms in total. The van der Waals surface area contributed by atoms with Crippen LogP contribution in [0.1, 0.15) is 31.4 Å². The molecule has 1 fully saturated rings. The number of nitrogens with zero attached hydrogens (tertiary/aromatic N) is 4. The standard InChI is InChI=1S/C12H14F2N4/c1-18(10-2-4-12(13,14)5-3-10)11-8-16-9(6-15)7-17-11/h7-8,10H,2-5H2,1H3. The molecule has 1 aromatic rings. The van der Waals surface area contributed by atoms with Gasteiger partial charge >= 0.3 is 0 Å². The number of hydrogen-bond acceptors (Lipinski definition) is 4. The van der Waals surface area contributed by atoms with E-state index in [2.05, 4.69) is 9.97 Å². The van der Waals surface area contributed by atoms with Gasteiger partial charge in [-0.1, -0.05) is 0 Å². The number of rotatable bonds is 2. The van der Waals surface area contributed by atoms with Gasteiger partial charge in [-0.25, -0.2) is 18.7 Å². The van der Waals surface area contributed by atoms with Crippen molar-refractivity contribution in [1.82, 2.24) is 9.97 Å². The maximum atomic E-state index is 13.1. The molecule has 1 aromatic heterocycles. The van der Waals surface area contributed by atoms with Gasteiger partial charge in [-0.3, -0.25) is 0 Å². The van der Waals surface area contributed by atoms with Crippen molar-refractivity contribution in [3.8, 4) is 6.07 Å². The molecule has 1 aliphatic carbocycles. The van der Waals surface area contributed by atoms with E-state index in [0.29, 0.717) is 18.7 Å². The summed E-state index contributed by atoms with van der Waals surface area (Å²) in [5.41, 5.74) is 0.252. The van der Waals surface area contributed by atoms with Crippen molar-refractivity contribution in [2.24, 2.45) is 0 Å². The predicted octanol–water partition coefficient (Wildman–Crippen LogP) is 2.36. The first-order valence-corrected chi connectivity index (χ1v) is 5.85. The van der Waals surface area contributed by atoms with Gasteiger partial charge in [0.05, 0.1) is 12.4 Å². The molecule has 1 aliphatic rings. The molecular weight excluding hydrogens is 238 g/mol. The van der Waals surface area contributed by atoms with Gasteiger partial charge in [-0.05, 0) is 12.8 Å². The van der Waals surface area contributed by atoms with Crippen LogP contribution < -0.4 is 4.90 Å². The highest BCUT2D eigenvalue weighted by atomic mass is 19.3. The number of aromatic nitrogens is 2. The van der Waals surface area contributed by atoms with E-state index >= 15 is 0 Å². The second-order valence-electron chi connectivity index (χ2n) is 4.57. The maximum absolute atomic E-state index is 13.1. The van der Waals surface area contributed by atoms with Gasteiger partial charge < -0.3 is 4.90 Å². The van der Waals surface area contributed by atoms with Crippen molar-refractivity contribution >= 4 is 5.82 Å². The van der Waals surface area contributed by atoms with Crippen LogP contribution in [0.3, 0.4) is 0 Å². The lowest BCUT2D eigenvalue weighted by molar-refractivity contribution is -0.0378. The van der Waals surface area contributed by atoms with E-state index in [0.717, 1.165) is 0 Å². The molecule has 1 saturated carbocycles. The molecule has 0 aromatic carbocycles. The average molecular weight is 252 g/mol. The molecule has 0 bridgehead atoms. The van der Waals surface area contributed by atoms with E-state index in [1.807, 2.05) is 18.0 Å². The molecule has 0 radical (unpaired) electrons. The van der Waals surface area contributed by atoms with Gasteiger partial charge in [-0.2, -0.15) is 5.26 Å². The number of anilines is 1. The summed E-state index contributed by atoms with van der Waals surface area (Å²) in [5, 5.41) is 8.62. The van der Waals surface area contributed by atoms with Crippen molar-refractivity contribution in [2.45, 2.75) is 37.6 Å². The summed E-state index contributed by atoms with van der Waals surface area (Å²) >= 11 is 0. The van der Waals surface area contributed by atoms with Crippen LogP contribution in [0.2, 0.25) is 0 Å². The summed E-state index contributed by atoms with van der Waals surface area (Å²) in [5.74, 6) is -1.91. The van der Waals surface area contributed by atoms with Gasteiger partial charge in [0, 0.05) is 25.9 Å². The highest BCUT2D eigenvalue weighted by Gasteiger charge is 2.36. The van der Waals surface area contributed by atoms with Crippen LogP contribution in [0, 0.1) is 11.3 Å². The molecular formula is C12H14F2N4. The average Bonchev–Trinajstić information content (AvgIpc) is 2.38. The fourth-order valence-corrected chi connectivity index (χ4v) is 2.16. The molecule has 0 atom stereocenters. The molecule has 96 valence electrons. The Labute approximate surface area is 104 Å². The Morgan fingerprint density at radius 3 is 2.50 bits per heavy atom. The van der Waals surface area contributed by atoms with E-state index in [1.54, 1.807) is 0 Å². The van der Waals surface area contributed by atoms with Crippen LogP contribution >= 0.6 is 0 Å². The molecule has 6 heteroatoms. The van der Waals surface area contributed by atoms with Crippen LogP contribution in [0.25, 0.3) is 0 Å². The van der Waals surface area contributed by atoms with Crippen LogP contribution in [0.5, 0.6) is 0 Å². The maximum Gasteiger partial charge on any atom is 0.248 e. The summed E-state index contributed by atoms with van der Waals surface area (Å²) in [6.07, 6.45) is 3.64. The molecule has 0 amide bonds. The van der Waals surface area contributed by atoms with Gasteiger partial charge in [0.1, 0.15) is 11.9 Å². The first kappa shape index (κ1) is 12.7. The van der Waals surface area contributed by atoms with Crippen LogP contribution in [-0.2, 0) is 0 Å². The molecule has 0 unspecified atom stereocenters. The van der Waals surface area contributed by atoms with Crippen LogP contribution in [0.15, 0.2) is 12.4 Å². The largest absolute Gasteiger partial charge is 0.355 e. The Morgan fingerprint density at radius 1 is 1.33 bits per heavy atom. The van der Waals surface area contributed by atoms with Crippen LogP contribution in [-0.4, -0.2) is 29.0 Å². The minimum absolute atomic E-state index is 0.0619. The lowest BCUT2D eigenvalue weighted by Crippen LogP contribution is -2.38. The zero-order chi connectivity index (χ0) is 13.2. The van der Waals surface area contributed by atoms with Crippen molar-refractivity contribution in [3.05, 3.63) is 18.1 Å². The fraction of sp³-hybridized carbons (Fsp3) is 0.583. The van der Waals surface area contributed by atoms with Gasteiger partial charge in [0.15, 0.2) is 5.69 Å². The zero-order valence-electron chi connectivity index (χ0n) is 10.1. The SMILES string of the molecule is CN(c1cnc(C#N)cn1)C1CCC(F)(F)CC1. The quantitative estimate of drug-likeness (QED) is 0.810. The van der Waals surface area contributed by atoms with Crippen molar-refractivity contribution in [3.63, 3.8) is 0 Å². The molecule has 0 spiro atoms. The second kappa shape index (κ2) is 4.84. The van der Waals surface area contributed by atoms with Crippen molar-refractivity contribution in [1.29, 1.82) is 5.26 Å². The summed E-state index contributed by atoms with van der Waals surface area (Å²) in [4.78, 5) is 9.91. The number of hydrogen-bond donors (Lipinski definition) is 0. The normalized spacial score (nSPS) is 19.2. The van der Waals surface area contributed by atoms with Gasteiger partial charge in [0.25, 0.3) is 0 Å². The number of alkyl halides is 2. The zero-order valence-corrected chi connectivity index (χ0v) is 10.1. The Hall–Kier alpha value is -1.77. The van der Waals surface area contributed by atoms with Crippen molar-refractivity contribution in [2.75, 3.05) is 11.9 Å². The van der Waals surface area contributed by atoms with E-state index in [4.69, 9.17) is 5.26 Å². The first-order chi connectivity index (χ1) is 8.52. The molecule has 0 N–H and O–H groups in total. The number of nitriles is 1. The molecule has 18 heavy (non-hydrogen) atoms. The molecule has 1 heterocycles. The van der Waals surface area contributed by atoms with E-state index in [-0.39, 0.29) is 24.6 Å². The summed E-state index contributed by atoms with van der Waals surface area (Å²) in [6, 6.07) is 1.95. The molecule has 2 rings (SSSR count). The highest BCUT2D eigenvalue weighted by Crippen LogP contribution is 2.35. The Bertz CT molecular complexity index is 442. The lowest BCUT2D eigenvalue weighted by atomic mass is 9.91. The topological polar surface area (TPSA) is 52.8 Å². The summed E-state index contributed by atoms with van der Waals surface area (Å²) in [7, 11) is 1.82. The Balaban J connectivity index is 2.03. The second-order valence-corrected chi connectivity index (χ2v) is 4.57. The number of halogens is 2. The first-order valence-electron chi connectivity index (χ1n) is 5.85. The van der Waals surface area contributed by atoms with Gasteiger partial charge in [0.2, 0.25) is 5.92 Å². The third-order valence-electron chi connectivity index (χ3n) is 3.35. The minimum Gasteiger partial charge on any atom is -0.355 e. The predicted molar refractivity (Wildman–Crippen MR) is 62.4 cm³/mol. The van der Waals surface area contributed by atoms with Gasteiger partial charge in [-0.15, -0.1) is 0 Å². The third kappa shape index (κ3) is 2.73. The third-order valence-corrected chi connectivity index (χ3v) is 3.35. The summed E-state index contributed by atoms with van der Waals surface area (Å²) in [6.45, 7) is 0. The molecule has 0 aliphatic heterocycles. The summed E-state index contributed by atoms with van der Waals surface area (Å²) < 4.78 is 26.1. The lowest BCUT2D eigenvalue weighted by Gasteiger charge is -2.34. The molecule has 0 saturated heterocycles. The van der Waals surface area contributed by atoms with E-state index < -0.39 is 5.92 Å². The minimum atomic E-state index is -2.52. The Morgan fingerprint density at radius 2 is 2.00 bits per heavy atom.